The number of carbonyl (C=O) groups excluding carboxylic acids is 6. The minimum absolute atomic E-state index is 0.00594. The first-order valence-corrected chi connectivity index (χ1v) is 23.2. The third-order valence-electron chi connectivity index (χ3n) is 12.7. The van der Waals surface area contributed by atoms with Gasteiger partial charge in [-0.2, -0.15) is 0 Å². The largest absolute Gasteiger partial charge is 0.481 e. The molecular formula is C51H61N7O9. The number of primary amides is 2. The number of anilines is 1. The summed E-state index contributed by atoms with van der Waals surface area (Å²) < 4.78 is 7.39. The summed E-state index contributed by atoms with van der Waals surface area (Å²) in [6.07, 6.45) is 5.20. The Labute approximate surface area is 389 Å². The van der Waals surface area contributed by atoms with E-state index in [1.807, 2.05) is 85.9 Å². The Morgan fingerprint density at radius 3 is 2.21 bits per heavy atom. The Hall–Kier alpha value is -6.81. The van der Waals surface area contributed by atoms with Crippen LogP contribution in [0.1, 0.15) is 102 Å². The predicted molar refractivity (Wildman–Crippen MR) is 252 cm³/mol. The molecular weight excluding hydrogens is 855 g/mol. The number of carboxylic acids is 1. The van der Waals surface area contributed by atoms with Gasteiger partial charge in [-0.05, 0) is 61.8 Å². The fourth-order valence-corrected chi connectivity index (χ4v) is 8.90. The first-order chi connectivity index (χ1) is 32.3. The van der Waals surface area contributed by atoms with Gasteiger partial charge in [-0.15, -0.1) is 5.10 Å². The Balaban J connectivity index is 1.04. The van der Waals surface area contributed by atoms with E-state index in [1.165, 1.54) is 0 Å². The number of rotatable bonds is 28. The fraction of sp³-hybridized carbons (Fsp3) is 0.431. The predicted octanol–water partition coefficient (Wildman–Crippen LogP) is 6.90. The van der Waals surface area contributed by atoms with E-state index < -0.39 is 29.6 Å². The minimum atomic E-state index is -0.922. The van der Waals surface area contributed by atoms with Crippen LogP contribution in [0.4, 0.5) is 5.69 Å². The number of aliphatic carboxylic acids is 1. The highest BCUT2D eigenvalue weighted by Gasteiger charge is 2.30. The highest BCUT2D eigenvalue weighted by atomic mass is 16.5. The van der Waals surface area contributed by atoms with Gasteiger partial charge in [0.1, 0.15) is 23.0 Å². The number of nitrogens with one attached hydrogen (secondary N) is 1. The summed E-state index contributed by atoms with van der Waals surface area (Å²) in [6.45, 7) is 2.97. The molecule has 0 fully saturated rings. The van der Waals surface area contributed by atoms with Crippen molar-refractivity contribution in [3.63, 3.8) is 0 Å². The Kier molecular flexibility index (Phi) is 17.8. The van der Waals surface area contributed by atoms with Crippen LogP contribution in [0.2, 0.25) is 0 Å². The maximum absolute atomic E-state index is 14.2. The Morgan fingerprint density at radius 1 is 0.746 bits per heavy atom. The van der Waals surface area contributed by atoms with Gasteiger partial charge < -0.3 is 31.2 Å². The van der Waals surface area contributed by atoms with Crippen molar-refractivity contribution in [1.82, 2.24) is 20.0 Å². The molecule has 1 aliphatic heterocycles. The number of fused-ring (bicyclic) bond motifs is 6. The quantitative estimate of drug-likeness (QED) is 0.0376. The van der Waals surface area contributed by atoms with Crippen LogP contribution in [0.3, 0.4) is 0 Å². The molecule has 3 amide bonds. The summed E-state index contributed by atoms with van der Waals surface area (Å²) in [5.41, 5.74) is 17.8. The van der Waals surface area contributed by atoms with Crippen LogP contribution in [0.15, 0.2) is 79.0 Å². The van der Waals surface area contributed by atoms with Crippen molar-refractivity contribution in [1.29, 1.82) is 0 Å². The second-order valence-electron chi connectivity index (χ2n) is 17.4. The number of carbonyl (C=O) groups is 7. The number of para-hydroxylation sites is 2. The minimum Gasteiger partial charge on any atom is -0.481 e. The number of unbranched alkanes of at least 4 members (excludes halogenated alkanes) is 1. The zero-order chi connectivity index (χ0) is 47.9. The summed E-state index contributed by atoms with van der Waals surface area (Å²) >= 11 is 0. The van der Waals surface area contributed by atoms with E-state index in [9.17, 15) is 33.6 Å². The molecule has 0 saturated carbocycles. The number of aryl methyl sites for hydroxylation is 1. The number of H-pyrrole nitrogens is 1. The average Bonchev–Trinajstić information content (AvgIpc) is 3.92. The number of hydrogen-bond donors (Lipinski definition) is 4. The number of aromatic amines is 1. The normalized spacial score (nSPS) is 13.4. The maximum atomic E-state index is 14.2. The van der Waals surface area contributed by atoms with Crippen LogP contribution in [0.25, 0.3) is 33.4 Å². The van der Waals surface area contributed by atoms with Gasteiger partial charge in [0.05, 0.1) is 24.5 Å². The molecule has 16 heteroatoms. The van der Waals surface area contributed by atoms with Gasteiger partial charge in [-0.25, -0.2) is 4.68 Å². The molecule has 0 aliphatic carbocycles. The lowest BCUT2D eigenvalue weighted by atomic mass is 9.92. The number of hydrogen-bond acceptors (Lipinski definition) is 10. The van der Waals surface area contributed by atoms with E-state index in [0.29, 0.717) is 75.2 Å². The van der Waals surface area contributed by atoms with E-state index in [-0.39, 0.29) is 87.3 Å². The number of nitrogens with zero attached hydrogens (tertiary/aromatic N) is 4. The summed E-state index contributed by atoms with van der Waals surface area (Å²) in [5, 5.41) is 19.1. The lowest BCUT2D eigenvalue weighted by Crippen LogP contribution is -2.32. The van der Waals surface area contributed by atoms with Crippen molar-refractivity contribution in [3.8, 4) is 22.5 Å². The van der Waals surface area contributed by atoms with Crippen LogP contribution >= 0.6 is 0 Å². The summed E-state index contributed by atoms with van der Waals surface area (Å²) in [6, 6.07) is 22.9. The molecule has 3 heterocycles. The summed E-state index contributed by atoms with van der Waals surface area (Å²) in [7, 11) is 0. The monoisotopic (exact) mass is 915 g/mol. The number of ether oxygens (including phenoxy) is 1. The zero-order valence-corrected chi connectivity index (χ0v) is 38.1. The molecule has 0 radical (unpaired) electrons. The average molecular weight is 916 g/mol. The molecule has 2 aromatic heterocycles. The van der Waals surface area contributed by atoms with Gasteiger partial charge in [0.2, 0.25) is 17.7 Å². The molecule has 0 bridgehead atoms. The Morgan fingerprint density at radius 2 is 1.45 bits per heavy atom. The lowest BCUT2D eigenvalue weighted by Gasteiger charge is -2.29. The molecule has 67 heavy (non-hydrogen) atoms. The standard InChI is InChI=1S/C51H61N7O9/c1-2-33(20-23-47(63)64)45(61)19-11-26-67-27-24-39(60)29-34(50(52)65)12-9-10-25-58-49-42-16-6-8-18-44(42)57(32-35-13-3-4-15-41(35)48(49)55-56-58)46(62)22-21-38(59)30-36(51(53)66)28-37-31-54-43-17-7-5-14-40(37)43/h3-8,13-18,31,33-34,36,54H,2,9-12,19-30,32H2,1H3,(H2,52,65)(H2,53,66)(H,63,64). The highest BCUT2D eigenvalue weighted by molar-refractivity contribution is 6.01. The lowest BCUT2D eigenvalue weighted by molar-refractivity contribution is -0.137. The molecule has 3 atom stereocenters. The molecule has 16 nitrogen and oxygen atoms in total. The van der Waals surface area contributed by atoms with Crippen LogP contribution in [0.5, 0.6) is 0 Å². The first kappa shape index (κ1) is 49.6. The summed E-state index contributed by atoms with van der Waals surface area (Å²) in [4.78, 5) is 93.7. The molecule has 3 aromatic carbocycles. The van der Waals surface area contributed by atoms with Crippen molar-refractivity contribution in [3.05, 3.63) is 90.1 Å². The molecule has 0 spiro atoms. The van der Waals surface area contributed by atoms with E-state index in [1.54, 1.807) is 9.58 Å². The van der Waals surface area contributed by atoms with Crippen molar-refractivity contribution in [2.75, 3.05) is 18.1 Å². The van der Waals surface area contributed by atoms with E-state index >= 15 is 0 Å². The van der Waals surface area contributed by atoms with Gasteiger partial charge in [-0.3, -0.25) is 33.6 Å². The second-order valence-corrected chi connectivity index (χ2v) is 17.4. The Bertz CT molecular complexity index is 2560. The topological polar surface area (TPSA) is 251 Å². The summed E-state index contributed by atoms with van der Waals surface area (Å²) in [5.74, 6) is -4.32. The van der Waals surface area contributed by atoms with Crippen molar-refractivity contribution in [2.45, 2.75) is 110 Å². The van der Waals surface area contributed by atoms with Crippen LogP contribution in [-0.4, -0.2) is 79.3 Å². The van der Waals surface area contributed by atoms with Gasteiger partial charge >= 0.3 is 5.97 Å². The zero-order valence-electron chi connectivity index (χ0n) is 38.1. The fourth-order valence-electron chi connectivity index (χ4n) is 8.90. The molecule has 0 saturated heterocycles. The number of amides is 3. The SMILES string of the molecule is CCC(CCC(=O)O)C(=O)CCCOCCC(=O)CC(CCCCn1nnc2c1-c1ccccc1N(C(=O)CCC(=O)CC(Cc1c[nH]c3ccccc13)C(N)=O)Cc1ccccc1-2)C(N)=O. The van der Waals surface area contributed by atoms with E-state index in [2.05, 4.69) is 15.3 Å². The van der Waals surface area contributed by atoms with Crippen molar-refractivity contribution >= 4 is 57.6 Å². The third-order valence-corrected chi connectivity index (χ3v) is 12.7. The van der Waals surface area contributed by atoms with Crippen molar-refractivity contribution in [2.24, 2.45) is 29.2 Å². The molecule has 354 valence electrons. The number of benzene rings is 3. The molecule has 6 N–H and O–H groups in total. The van der Waals surface area contributed by atoms with Gasteiger partial charge in [0.15, 0.2) is 0 Å². The van der Waals surface area contributed by atoms with Gasteiger partial charge in [0, 0.05) is 104 Å². The highest BCUT2D eigenvalue weighted by Crippen LogP contribution is 2.41. The van der Waals surface area contributed by atoms with E-state index in [4.69, 9.17) is 21.3 Å². The van der Waals surface area contributed by atoms with Gasteiger partial charge in [-0.1, -0.05) is 79.2 Å². The van der Waals surface area contributed by atoms with Crippen LogP contribution < -0.4 is 16.4 Å². The molecule has 1 aliphatic rings. The van der Waals surface area contributed by atoms with Crippen LogP contribution in [0, 0.1) is 17.8 Å². The number of Topliss-reactive ketones (excluding diaryl/α,β-unsaturated/α-hetero) is 3. The first-order valence-electron chi connectivity index (χ1n) is 23.2. The number of aromatic nitrogens is 4. The maximum Gasteiger partial charge on any atom is 0.303 e. The molecule has 5 aromatic rings. The molecule has 6 rings (SSSR count). The number of ketones is 3. The third kappa shape index (κ3) is 13.4. The second kappa shape index (κ2) is 24.1. The number of carboxylic acid groups (broad SMARTS) is 1. The van der Waals surface area contributed by atoms with Gasteiger partial charge in [0.25, 0.3) is 0 Å². The smallest absolute Gasteiger partial charge is 0.303 e. The molecule has 3 unspecified atom stereocenters. The van der Waals surface area contributed by atoms with E-state index in [0.717, 1.165) is 33.2 Å². The van der Waals surface area contributed by atoms with Crippen LogP contribution in [-0.2, 0) is 57.8 Å². The number of nitrogens with two attached hydrogens (primary N) is 2. The van der Waals surface area contributed by atoms with Crippen molar-refractivity contribution < 1.29 is 43.4 Å².